The van der Waals surface area contributed by atoms with Crippen LogP contribution in [-0.4, -0.2) is 66.3 Å². The lowest BCUT2D eigenvalue weighted by Crippen LogP contribution is -2.50. The lowest BCUT2D eigenvalue weighted by atomic mass is 9.98. The summed E-state index contributed by atoms with van der Waals surface area (Å²) in [6.45, 7) is 2.26. The van der Waals surface area contributed by atoms with Gasteiger partial charge in [-0.05, 0) is 19.3 Å². The number of amides is 2. The number of piperidine rings is 1. The van der Waals surface area contributed by atoms with E-state index in [-0.39, 0.29) is 12.1 Å². The number of carboxylic acids is 1. The number of likely N-dealkylation sites (N-methyl/N-ethyl adjacent to an activating group) is 1. The number of hydrogen-bond donors (Lipinski definition) is 1. The standard InChI is InChI=1S/C12H20N2O4/c1-13(10-4-6-18-8-10)12(17)14-5-2-3-9(7-14)11(15)16/h9-10H,2-8H2,1H3,(H,15,16)/t9-,10?/m1/s1. The fraction of sp³-hybridized carbons (Fsp3) is 0.833. The Hall–Kier alpha value is -1.30. The molecule has 2 amide bonds. The van der Waals surface area contributed by atoms with Gasteiger partial charge in [0, 0.05) is 26.7 Å². The molecule has 0 spiro atoms. The molecular weight excluding hydrogens is 236 g/mol. The van der Waals surface area contributed by atoms with Crippen molar-refractivity contribution in [3.05, 3.63) is 0 Å². The van der Waals surface area contributed by atoms with Crippen LogP contribution < -0.4 is 0 Å². The third-order valence-corrected chi connectivity index (χ3v) is 3.80. The molecule has 0 aromatic rings. The zero-order valence-electron chi connectivity index (χ0n) is 10.7. The summed E-state index contributed by atoms with van der Waals surface area (Å²) in [4.78, 5) is 26.6. The van der Waals surface area contributed by atoms with E-state index in [0.717, 1.165) is 12.8 Å². The molecule has 0 aromatic carbocycles. The van der Waals surface area contributed by atoms with Crippen LogP contribution in [0.4, 0.5) is 4.79 Å². The Morgan fingerprint density at radius 2 is 2.17 bits per heavy atom. The number of rotatable bonds is 2. The molecule has 0 bridgehead atoms. The second-order valence-electron chi connectivity index (χ2n) is 5.03. The third-order valence-electron chi connectivity index (χ3n) is 3.80. The van der Waals surface area contributed by atoms with E-state index in [0.29, 0.717) is 32.7 Å². The molecule has 0 aromatic heterocycles. The number of urea groups is 1. The summed E-state index contributed by atoms with van der Waals surface area (Å²) >= 11 is 0. The van der Waals surface area contributed by atoms with E-state index in [1.807, 2.05) is 0 Å². The van der Waals surface area contributed by atoms with Crippen molar-refractivity contribution in [3.8, 4) is 0 Å². The largest absolute Gasteiger partial charge is 0.481 e. The van der Waals surface area contributed by atoms with E-state index in [1.54, 1.807) is 16.8 Å². The monoisotopic (exact) mass is 256 g/mol. The Labute approximate surface area is 106 Å². The summed E-state index contributed by atoms with van der Waals surface area (Å²) in [5.74, 6) is -1.23. The van der Waals surface area contributed by atoms with Gasteiger partial charge in [0.2, 0.25) is 0 Å². The van der Waals surface area contributed by atoms with E-state index >= 15 is 0 Å². The number of likely N-dealkylation sites (tertiary alicyclic amines) is 1. The number of carboxylic acid groups (broad SMARTS) is 1. The van der Waals surface area contributed by atoms with Crippen molar-refractivity contribution in [1.29, 1.82) is 0 Å². The van der Waals surface area contributed by atoms with E-state index in [2.05, 4.69) is 0 Å². The summed E-state index contributed by atoms with van der Waals surface area (Å²) in [5.41, 5.74) is 0. The van der Waals surface area contributed by atoms with Gasteiger partial charge in [0.15, 0.2) is 0 Å². The number of nitrogens with zero attached hydrogens (tertiary/aromatic N) is 2. The molecule has 1 unspecified atom stereocenters. The van der Waals surface area contributed by atoms with Crippen molar-refractivity contribution in [1.82, 2.24) is 9.80 Å². The Bertz CT molecular complexity index is 328. The summed E-state index contributed by atoms with van der Waals surface area (Å²) in [6.07, 6.45) is 2.28. The molecule has 2 atom stereocenters. The number of carbonyl (C=O) groups is 2. The zero-order chi connectivity index (χ0) is 13.1. The first-order chi connectivity index (χ1) is 8.59. The average molecular weight is 256 g/mol. The van der Waals surface area contributed by atoms with E-state index < -0.39 is 11.9 Å². The molecule has 2 rings (SSSR count). The van der Waals surface area contributed by atoms with Gasteiger partial charge in [0.25, 0.3) is 0 Å². The molecule has 2 saturated heterocycles. The zero-order valence-corrected chi connectivity index (χ0v) is 10.7. The van der Waals surface area contributed by atoms with Gasteiger partial charge in [-0.3, -0.25) is 4.79 Å². The maximum absolute atomic E-state index is 12.3. The summed E-state index contributed by atoms with van der Waals surface area (Å²) < 4.78 is 5.27. The highest BCUT2D eigenvalue weighted by Crippen LogP contribution is 2.19. The van der Waals surface area contributed by atoms with Crippen LogP contribution in [0.3, 0.4) is 0 Å². The quantitative estimate of drug-likeness (QED) is 0.786. The number of carbonyl (C=O) groups excluding carboxylic acids is 1. The Kier molecular flexibility index (Phi) is 4.06. The fourth-order valence-electron chi connectivity index (χ4n) is 2.56. The summed E-state index contributed by atoms with van der Waals surface area (Å²) in [7, 11) is 1.77. The van der Waals surface area contributed by atoms with Crippen molar-refractivity contribution in [2.45, 2.75) is 25.3 Å². The fourth-order valence-corrected chi connectivity index (χ4v) is 2.56. The van der Waals surface area contributed by atoms with Gasteiger partial charge < -0.3 is 19.6 Å². The summed E-state index contributed by atoms with van der Waals surface area (Å²) in [5, 5.41) is 9.02. The van der Waals surface area contributed by atoms with Gasteiger partial charge >= 0.3 is 12.0 Å². The van der Waals surface area contributed by atoms with E-state index in [9.17, 15) is 9.59 Å². The van der Waals surface area contributed by atoms with Crippen LogP contribution in [0.1, 0.15) is 19.3 Å². The lowest BCUT2D eigenvalue weighted by Gasteiger charge is -2.35. The highest BCUT2D eigenvalue weighted by Gasteiger charge is 2.32. The van der Waals surface area contributed by atoms with E-state index in [4.69, 9.17) is 9.84 Å². The van der Waals surface area contributed by atoms with Crippen molar-refractivity contribution in [2.24, 2.45) is 5.92 Å². The van der Waals surface area contributed by atoms with Crippen LogP contribution in [0.25, 0.3) is 0 Å². The first-order valence-electron chi connectivity index (χ1n) is 6.42. The van der Waals surface area contributed by atoms with Gasteiger partial charge in [-0.25, -0.2) is 4.79 Å². The second kappa shape index (κ2) is 5.56. The predicted molar refractivity (Wildman–Crippen MR) is 64.3 cm³/mol. The van der Waals surface area contributed by atoms with Gasteiger partial charge in [-0.2, -0.15) is 0 Å². The van der Waals surface area contributed by atoms with Crippen LogP contribution in [-0.2, 0) is 9.53 Å². The van der Waals surface area contributed by atoms with Crippen molar-refractivity contribution in [3.63, 3.8) is 0 Å². The highest BCUT2D eigenvalue weighted by atomic mass is 16.5. The molecule has 2 aliphatic rings. The minimum absolute atomic E-state index is 0.0727. The van der Waals surface area contributed by atoms with Crippen LogP contribution in [0.2, 0.25) is 0 Å². The van der Waals surface area contributed by atoms with Crippen molar-refractivity contribution >= 4 is 12.0 Å². The Morgan fingerprint density at radius 3 is 2.78 bits per heavy atom. The minimum Gasteiger partial charge on any atom is -0.481 e. The molecule has 0 radical (unpaired) electrons. The van der Waals surface area contributed by atoms with Gasteiger partial charge in [0.1, 0.15) is 0 Å². The highest BCUT2D eigenvalue weighted by molar-refractivity contribution is 5.76. The molecule has 18 heavy (non-hydrogen) atoms. The predicted octanol–water partition coefficient (Wildman–Crippen LogP) is 0.624. The Morgan fingerprint density at radius 1 is 1.39 bits per heavy atom. The number of ether oxygens (including phenoxy) is 1. The first kappa shape index (κ1) is 13.1. The summed E-state index contributed by atoms with van der Waals surface area (Å²) in [6, 6.07) is 0.0548. The third kappa shape index (κ3) is 2.75. The maximum atomic E-state index is 12.3. The first-order valence-corrected chi connectivity index (χ1v) is 6.42. The van der Waals surface area contributed by atoms with Gasteiger partial charge in [-0.1, -0.05) is 0 Å². The van der Waals surface area contributed by atoms with Crippen LogP contribution >= 0.6 is 0 Å². The molecular formula is C12H20N2O4. The average Bonchev–Trinajstić information content (AvgIpc) is 2.91. The van der Waals surface area contributed by atoms with E-state index in [1.165, 1.54) is 0 Å². The molecule has 102 valence electrons. The maximum Gasteiger partial charge on any atom is 0.320 e. The van der Waals surface area contributed by atoms with Crippen LogP contribution in [0.15, 0.2) is 0 Å². The molecule has 0 aliphatic carbocycles. The molecule has 2 aliphatic heterocycles. The number of aliphatic carboxylic acids is 1. The smallest absolute Gasteiger partial charge is 0.320 e. The molecule has 6 nitrogen and oxygen atoms in total. The van der Waals surface area contributed by atoms with Crippen molar-refractivity contribution in [2.75, 3.05) is 33.4 Å². The SMILES string of the molecule is CN(C(=O)N1CCC[C@@H](C(=O)O)C1)C1CCOC1. The Balaban J connectivity index is 1.93. The molecule has 1 N–H and O–H groups in total. The van der Waals surface area contributed by atoms with Crippen LogP contribution in [0.5, 0.6) is 0 Å². The topological polar surface area (TPSA) is 70.1 Å². The molecule has 2 heterocycles. The number of hydrogen-bond acceptors (Lipinski definition) is 3. The second-order valence-corrected chi connectivity index (χ2v) is 5.03. The van der Waals surface area contributed by atoms with Crippen molar-refractivity contribution < 1.29 is 19.4 Å². The van der Waals surface area contributed by atoms with Crippen LogP contribution in [0, 0.1) is 5.92 Å². The normalized spacial score (nSPS) is 28.2. The van der Waals surface area contributed by atoms with Gasteiger partial charge in [-0.15, -0.1) is 0 Å². The molecule has 6 heteroatoms. The lowest BCUT2D eigenvalue weighted by molar-refractivity contribution is -0.143. The molecule has 2 fully saturated rings. The molecule has 0 saturated carbocycles. The van der Waals surface area contributed by atoms with Gasteiger partial charge in [0.05, 0.1) is 18.6 Å². The minimum atomic E-state index is -0.806.